The molecule has 0 unspecified atom stereocenters. The Labute approximate surface area is 167 Å². The first-order valence-electron chi connectivity index (χ1n) is 8.94. The third-order valence-electron chi connectivity index (χ3n) is 4.93. The molecule has 0 aromatic heterocycles. The van der Waals surface area contributed by atoms with E-state index in [9.17, 15) is 20.4 Å². The fraction of sp³-hybridized carbons (Fsp3) is 0.400. The Balaban J connectivity index is 1.65. The Morgan fingerprint density at radius 2 is 1.70 bits per heavy atom. The second-order valence-electron chi connectivity index (χ2n) is 6.91. The Morgan fingerprint density at radius 3 is 2.41 bits per heavy atom. The van der Waals surface area contributed by atoms with Gasteiger partial charge in [-0.1, -0.05) is 40.2 Å². The largest absolute Gasteiger partial charge is 0.395 e. The van der Waals surface area contributed by atoms with Crippen LogP contribution in [0.4, 0.5) is 5.69 Å². The van der Waals surface area contributed by atoms with Gasteiger partial charge in [0, 0.05) is 29.8 Å². The molecule has 4 atom stereocenters. The number of β-amino-alcohol motifs (C(OH)–C–C–N with tert-alkyl or cyclic N) is 1. The van der Waals surface area contributed by atoms with Gasteiger partial charge >= 0.3 is 0 Å². The van der Waals surface area contributed by atoms with Crippen LogP contribution in [0, 0.1) is 0 Å². The van der Waals surface area contributed by atoms with Crippen LogP contribution >= 0.6 is 15.9 Å². The van der Waals surface area contributed by atoms with Gasteiger partial charge in [0.1, 0.15) is 12.2 Å². The summed E-state index contributed by atoms with van der Waals surface area (Å²) in [5, 5.41) is 42.8. The van der Waals surface area contributed by atoms with E-state index in [0.29, 0.717) is 13.1 Å². The number of likely N-dealkylation sites (tertiary alicyclic amines) is 1. The van der Waals surface area contributed by atoms with Gasteiger partial charge in [-0.2, -0.15) is 0 Å². The summed E-state index contributed by atoms with van der Waals surface area (Å²) in [5.41, 5.74) is 3.15. The summed E-state index contributed by atoms with van der Waals surface area (Å²) in [4.78, 5) is 1.81. The molecule has 3 rings (SSSR count). The van der Waals surface area contributed by atoms with E-state index >= 15 is 0 Å². The minimum absolute atomic E-state index is 0.199. The van der Waals surface area contributed by atoms with Crippen LogP contribution in [-0.2, 0) is 13.1 Å². The Kier molecular flexibility index (Phi) is 6.86. The molecule has 0 spiro atoms. The summed E-state index contributed by atoms with van der Waals surface area (Å²) < 4.78 is 1.03. The molecule has 1 heterocycles. The van der Waals surface area contributed by atoms with Crippen molar-refractivity contribution in [3.63, 3.8) is 0 Å². The molecule has 1 fully saturated rings. The van der Waals surface area contributed by atoms with Crippen LogP contribution in [0.25, 0.3) is 0 Å². The van der Waals surface area contributed by atoms with E-state index in [1.807, 2.05) is 47.4 Å². The zero-order valence-corrected chi connectivity index (χ0v) is 16.5. The minimum Gasteiger partial charge on any atom is -0.395 e. The number of anilines is 1. The number of benzene rings is 2. The molecule has 6 nitrogen and oxygen atoms in total. The molecule has 7 heteroatoms. The predicted molar refractivity (Wildman–Crippen MR) is 107 cm³/mol. The van der Waals surface area contributed by atoms with Gasteiger partial charge in [-0.3, -0.25) is 4.90 Å². The predicted octanol–water partition coefficient (Wildman–Crippen LogP) is 1.32. The number of aliphatic hydroxyl groups is 4. The molecule has 1 aliphatic heterocycles. The number of hydrogen-bond acceptors (Lipinski definition) is 6. The molecule has 5 N–H and O–H groups in total. The fourth-order valence-electron chi connectivity index (χ4n) is 3.40. The molecule has 27 heavy (non-hydrogen) atoms. The quantitative estimate of drug-likeness (QED) is 0.468. The highest BCUT2D eigenvalue weighted by Gasteiger charge is 2.40. The van der Waals surface area contributed by atoms with Gasteiger partial charge in [0.15, 0.2) is 0 Å². The fourth-order valence-corrected chi connectivity index (χ4v) is 3.67. The first kappa shape index (κ1) is 20.3. The number of piperidine rings is 1. The number of rotatable bonds is 6. The SMILES string of the molecule is OC[C@@H]1[C@@H](O)[C@H](O)[C@@H](O)CN1Cc1cccc(CNc2ccc(Br)cc2)c1. The molecule has 146 valence electrons. The van der Waals surface area contributed by atoms with Crippen molar-refractivity contribution in [3.8, 4) is 0 Å². The summed E-state index contributed by atoms with van der Waals surface area (Å²) in [7, 11) is 0. The minimum atomic E-state index is -1.24. The summed E-state index contributed by atoms with van der Waals surface area (Å²) in [6, 6.07) is 15.4. The highest BCUT2D eigenvalue weighted by atomic mass is 79.9. The number of halogens is 1. The maximum atomic E-state index is 10.1. The smallest absolute Gasteiger partial charge is 0.109 e. The summed E-state index contributed by atoms with van der Waals surface area (Å²) in [5.74, 6) is 0. The first-order chi connectivity index (χ1) is 13.0. The molecule has 0 amide bonds. The van der Waals surface area contributed by atoms with Crippen LogP contribution in [0.15, 0.2) is 53.0 Å². The van der Waals surface area contributed by atoms with Crippen molar-refractivity contribution in [1.29, 1.82) is 0 Å². The van der Waals surface area contributed by atoms with E-state index in [1.54, 1.807) is 0 Å². The lowest BCUT2D eigenvalue weighted by Crippen LogP contribution is -2.62. The van der Waals surface area contributed by atoms with Crippen LogP contribution in [0.2, 0.25) is 0 Å². The lowest BCUT2D eigenvalue weighted by Gasteiger charge is -2.43. The van der Waals surface area contributed by atoms with Crippen molar-refractivity contribution in [2.24, 2.45) is 0 Å². The molecule has 2 aromatic carbocycles. The van der Waals surface area contributed by atoms with Crippen molar-refractivity contribution in [3.05, 3.63) is 64.1 Å². The molecule has 0 bridgehead atoms. The molecule has 2 aromatic rings. The summed E-state index contributed by atoms with van der Waals surface area (Å²) in [6.45, 7) is 1.06. The standard InChI is InChI=1S/C20H25BrN2O4/c21-15-4-6-16(7-5-15)22-9-13-2-1-3-14(8-13)10-23-11-18(25)20(27)19(26)17(23)12-24/h1-8,17-20,22,24-27H,9-12H2/t17-,18+,19-,20-/m1/s1. The Morgan fingerprint density at radius 1 is 1.00 bits per heavy atom. The van der Waals surface area contributed by atoms with E-state index in [2.05, 4.69) is 27.3 Å². The first-order valence-corrected chi connectivity index (χ1v) is 9.73. The zero-order chi connectivity index (χ0) is 19.4. The lowest BCUT2D eigenvalue weighted by molar-refractivity contribution is -0.147. The van der Waals surface area contributed by atoms with E-state index in [4.69, 9.17) is 0 Å². The Hall–Kier alpha value is -1.48. The van der Waals surface area contributed by atoms with Gasteiger partial charge in [-0.05, 0) is 35.4 Å². The number of aliphatic hydroxyl groups excluding tert-OH is 4. The maximum absolute atomic E-state index is 10.1. The summed E-state index contributed by atoms with van der Waals surface area (Å²) >= 11 is 3.42. The van der Waals surface area contributed by atoms with Gasteiger partial charge in [0.05, 0.1) is 18.8 Å². The van der Waals surface area contributed by atoms with Crippen LogP contribution in [0.5, 0.6) is 0 Å². The maximum Gasteiger partial charge on any atom is 0.109 e. The Bertz CT molecular complexity index is 743. The van der Waals surface area contributed by atoms with Gasteiger partial charge in [-0.15, -0.1) is 0 Å². The van der Waals surface area contributed by atoms with E-state index < -0.39 is 24.4 Å². The van der Waals surface area contributed by atoms with Gasteiger partial charge in [-0.25, -0.2) is 0 Å². The third kappa shape index (κ3) is 5.07. The van der Waals surface area contributed by atoms with Crippen molar-refractivity contribution in [2.45, 2.75) is 37.4 Å². The summed E-state index contributed by atoms with van der Waals surface area (Å²) in [6.07, 6.45) is -3.45. The highest BCUT2D eigenvalue weighted by Crippen LogP contribution is 2.22. The van der Waals surface area contributed by atoms with Gasteiger partial charge in [0.25, 0.3) is 0 Å². The van der Waals surface area contributed by atoms with Crippen molar-refractivity contribution in [1.82, 2.24) is 4.90 Å². The molecule has 0 radical (unpaired) electrons. The zero-order valence-electron chi connectivity index (χ0n) is 14.9. The average molecular weight is 437 g/mol. The molecule has 1 aliphatic rings. The molecular formula is C20H25BrN2O4. The van der Waals surface area contributed by atoms with E-state index in [1.165, 1.54) is 0 Å². The van der Waals surface area contributed by atoms with Crippen molar-refractivity contribution in [2.75, 3.05) is 18.5 Å². The topological polar surface area (TPSA) is 96.2 Å². The van der Waals surface area contributed by atoms with E-state index in [0.717, 1.165) is 21.3 Å². The molecule has 0 aliphatic carbocycles. The molecular weight excluding hydrogens is 412 g/mol. The second-order valence-corrected chi connectivity index (χ2v) is 7.82. The van der Waals surface area contributed by atoms with Gasteiger partial charge < -0.3 is 25.7 Å². The average Bonchev–Trinajstić information content (AvgIpc) is 2.66. The number of hydrogen-bond donors (Lipinski definition) is 5. The van der Waals surface area contributed by atoms with Crippen LogP contribution in [0.3, 0.4) is 0 Å². The third-order valence-corrected chi connectivity index (χ3v) is 5.46. The van der Waals surface area contributed by atoms with Crippen LogP contribution < -0.4 is 5.32 Å². The van der Waals surface area contributed by atoms with Gasteiger partial charge in [0.2, 0.25) is 0 Å². The van der Waals surface area contributed by atoms with Crippen molar-refractivity contribution >= 4 is 21.6 Å². The van der Waals surface area contributed by atoms with Crippen LogP contribution in [-0.4, -0.2) is 62.8 Å². The highest BCUT2D eigenvalue weighted by molar-refractivity contribution is 9.10. The van der Waals surface area contributed by atoms with Crippen molar-refractivity contribution < 1.29 is 20.4 Å². The normalized spacial score (nSPS) is 26.1. The second kappa shape index (κ2) is 9.14. The molecule has 0 saturated carbocycles. The molecule has 1 saturated heterocycles. The van der Waals surface area contributed by atoms with Crippen LogP contribution in [0.1, 0.15) is 11.1 Å². The lowest BCUT2D eigenvalue weighted by atomic mass is 9.93. The number of nitrogens with one attached hydrogen (secondary N) is 1. The number of nitrogens with zero attached hydrogens (tertiary/aromatic N) is 1. The monoisotopic (exact) mass is 436 g/mol. The van der Waals surface area contributed by atoms with E-state index in [-0.39, 0.29) is 13.2 Å².